The van der Waals surface area contributed by atoms with Gasteiger partial charge in [0, 0.05) is 44.3 Å². The molecule has 0 spiro atoms. The standard InChI is InChI=1S/C37H21N3O/c1-2-12-33-29(7-1)35-28-16-18-30(39-32(28)19-20-34(35)41-33)26-10-3-9-25-24(26)8-4-11-27(25)31-17-15-23-14-13-22-6-5-21-38-36(22)37(23)40-31/h1-21H. The molecule has 0 unspecified atom stereocenters. The maximum atomic E-state index is 6.10. The summed E-state index contributed by atoms with van der Waals surface area (Å²) in [7, 11) is 0. The maximum absolute atomic E-state index is 6.10. The van der Waals surface area contributed by atoms with E-state index in [-0.39, 0.29) is 0 Å². The predicted molar refractivity (Wildman–Crippen MR) is 168 cm³/mol. The maximum Gasteiger partial charge on any atom is 0.136 e. The molecule has 4 aromatic heterocycles. The highest BCUT2D eigenvalue weighted by molar-refractivity contribution is 6.18. The van der Waals surface area contributed by atoms with Gasteiger partial charge in [-0.3, -0.25) is 4.98 Å². The molecule has 0 fully saturated rings. The first-order chi connectivity index (χ1) is 20.3. The number of hydrogen-bond acceptors (Lipinski definition) is 4. The van der Waals surface area contributed by atoms with Gasteiger partial charge in [-0.1, -0.05) is 78.9 Å². The van der Waals surface area contributed by atoms with E-state index in [2.05, 4.69) is 102 Å². The van der Waals surface area contributed by atoms with E-state index in [1.165, 1.54) is 0 Å². The fourth-order valence-corrected chi connectivity index (χ4v) is 6.21. The number of hydrogen-bond donors (Lipinski definition) is 0. The van der Waals surface area contributed by atoms with Crippen LogP contribution in [0.1, 0.15) is 0 Å². The number of rotatable bonds is 2. The van der Waals surface area contributed by atoms with Gasteiger partial charge in [0.05, 0.1) is 27.9 Å². The van der Waals surface area contributed by atoms with Crippen LogP contribution in [0.15, 0.2) is 132 Å². The third-order valence-corrected chi connectivity index (χ3v) is 8.12. The van der Waals surface area contributed by atoms with Gasteiger partial charge in [-0.25, -0.2) is 9.97 Å². The van der Waals surface area contributed by atoms with Gasteiger partial charge in [0.25, 0.3) is 0 Å². The minimum Gasteiger partial charge on any atom is -0.456 e. The SMILES string of the molecule is c1cnc2c(c1)ccc1ccc(-c3cccc4c(-c5ccc6c(ccc7oc8ccccc8c76)n5)cccc34)nc12. The summed E-state index contributed by atoms with van der Waals surface area (Å²) in [5, 5.41) is 7.78. The van der Waals surface area contributed by atoms with Crippen LogP contribution in [0.5, 0.6) is 0 Å². The highest BCUT2D eigenvalue weighted by Crippen LogP contribution is 2.38. The Hall–Kier alpha value is -5.61. The number of aromatic nitrogens is 3. The van der Waals surface area contributed by atoms with Crippen molar-refractivity contribution in [1.29, 1.82) is 0 Å². The van der Waals surface area contributed by atoms with Crippen molar-refractivity contribution < 1.29 is 4.42 Å². The molecule has 9 rings (SSSR count). The molecule has 41 heavy (non-hydrogen) atoms. The zero-order chi connectivity index (χ0) is 26.9. The van der Waals surface area contributed by atoms with Crippen molar-refractivity contribution in [3.8, 4) is 22.5 Å². The van der Waals surface area contributed by atoms with Crippen molar-refractivity contribution in [3.63, 3.8) is 0 Å². The summed E-state index contributed by atoms with van der Waals surface area (Å²) in [5.41, 5.74) is 8.62. The Morgan fingerprint density at radius 2 is 1.15 bits per heavy atom. The third kappa shape index (κ3) is 3.31. The quantitative estimate of drug-likeness (QED) is 0.212. The Labute approximate surface area is 234 Å². The topological polar surface area (TPSA) is 51.8 Å². The Morgan fingerprint density at radius 3 is 2.00 bits per heavy atom. The molecular formula is C37H21N3O. The Kier molecular flexibility index (Phi) is 4.58. The van der Waals surface area contributed by atoms with Crippen molar-refractivity contribution >= 4 is 65.4 Å². The van der Waals surface area contributed by atoms with Crippen molar-refractivity contribution in [1.82, 2.24) is 15.0 Å². The Balaban J connectivity index is 1.23. The zero-order valence-corrected chi connectivity index (χ0v) is 21.9. The molecule has 0 atom stereocenters. The average molecular weight is 524 g/mol. The van der Waals surface area contributed by atoms with Crippen LogP contribution in [0.2, 0.25) is 0 Å². The van der Waals surface area contributed by atoms with Crippen molar-refractivity contribution in [2.45, 2.75) is 0 Å². The van der Waals surface area contributed by atoms with E-state index < -0.39 is 0 Å². The van der Waals surface area contributed by atoms with Crippen molar-refractivity contribution in [2.24, 2.45) is 0 Å². The molecule has 0 saturated heterocycles. The van der Waals surface area contributed by atoms with Gasteiger partial charge in [-0.2, -0.15) is 0 Å². The summed E-state index contributed by atoms with van der Waals surface area (Å²) in [4.78, 5) is 14.9. The second-order valence-electron chi connectivity index (χ2n) is 10.4. The van der Waals surface area contributed by atoms with E-state index in [1.54, 1.807) is 0 Å². The molecule has 0 aliphatic carbocycles. The largest absolute Gasteiger partial charge is 0.456 e. The molecule has 5 aromatic carbocycles. The minimum absolute atomic E-state index is 0.883. The Bertz CT molecular complexity index is 2490. The van der Waals surface area contributed by atoms with Crippen LogP contribution in [0.4, 0.5) is 0 Å². The summed E-state index contributed by atoms with van der Waals surface area (Å²) in [6.07, 6.45) is 1.83. The number of para-hydroxylation sites is 1. The van der Waals surface area contributed by atoms with Crippen LogP contribution in [-0.2, 0) is 0 Å². The summed E-state index contributed by atoms with van der Waals surface area (Å²) < 4.78 is 6.10. The molecule has 0 amide bonds. The molecule has 0 radical (unpaired) electrons. The molecule has 190 valence electrons. The molecule has 4 heteroatoms. The second kappa shape index (κ2) is 8.44. The second-order valence-corrected chi connectivity index (χ2v) is 10.4. The van der Waals surface area contributed by atoms with E-state index in [0.717, 1.165) is 87.9 Å². The van der Waals surface area contributed by atoms with E-state index in [1.807, 2.05) is 30.5 Å². The first-order valence-corrected chi connectivity index (χ1v) is 13.7. The first kappa shape index (κ1) is 22.2. The highest BCUT2D eigenvalue weighted by atomic mass is 16.3. The van der Waals surface area contributed by atoms with E-state index in [0.29, 0.717) is 0 Å². The normalized spacial score (nSPS) is 11.9. The van der Waals surface area contributed by atoms with Crippen LogP contribution in [0.25, 0.3) is 87.9 Å². The van der Waals surface area contributed by atoms with Crippen LogP contribution in [0.3, 0.4) is 0 Å². The number of fused-ring (bicyclic) bond motifs is 9. The number of pyridine rings is 3. The zero-order valence-electron chi connectivity index (χ0n) is 21.9. The summed E-state index contributed by atoms with van der Waals surface area (Å²) in [6, 6.07) is 41.9. The van der Waals surface area contributed by atoms with Gasteiger partial charge < -0.3 is 4.42 Å². The predicted octanol–water partition coefficient (Wildman–Crippen LogP) is 9.72. The van der Waals surface area contributed by atoms with E-state index in [4.69, 9.17) is 14.4 Å². The third-order valence-electron chi connectivity index (χ3n) is 8.12. The van der Waals surface area contributed by atoms with E-state index >= 15 is 0 Å². The molecule has 0 aliphatic rings. The first-order valence-electron chi connectivity index (χ1n) is 13.7. The van der Waals surface area contributed by atoms with Gasteiger partial charge >= 0.3 is 0 Å². The van der Waals surface area contributed by atoms with Crippen molar-refractivity contribution in [2.75, 3.05) is 0 Å². The van der Waals surface area contributed by atoms with Gasteiger partial charge in [-0.15, -0.1) is 0 Å². The van der Waals surface area contributed by atoms with Crippen LogP contribution in [-0.4, -0.2) is 15.0 Å². The van der Waals surface area contributed by atoms with Gasteiger partial charge in [0.1, 0.15) is 11.2 Å². The fourth-order valence-electron chi connectivity index (χ4n) is 6.21. The molecule has 4 heterocycles. The van der Waals surface area contributed by atoms with Crippen molar-refractivity contribution in [3.05, 3.63) is 128 Å². The lowest BCUT2D eigenvalue weighted by Gasteiger charge is -2.12. The van der Waals surface area contributed by atoms with Gasteiger partial charge in [0.15, 0.2) is 0 Å². The van der Waals surface area contributed by atoms with Crippen LogP contribution in [0, 0.1) is 0 Å². The minimum atomic E-state index is 0.883. The molecule has 0 saturated carbocycles. The van der Waals surface area contributed by atoms with Crippen LogP contribution < -0.4 is 0 Å². The van der Waals surface area contributed by atoms with Gasteiger partial charge in [0.2, 0.25) is 0 Å². The molecule has 0 aliphatic heterocycles. The number of furan rings is 1. The lowest BCUT2D eigenvalue weighted by Crippen LogP contribution is -1.91. The number of benzene rings is 5. The van der Waals surface area contributed by atoms with Gasteiger partial charge in [-0.05, 0) is 53.2 Å². The number of nitrogens with zero attached hydrogens (tertiary/aromatic N) is 3. The summed E-state index contributed by atoms with van der Waals surface area (Å²) >= 11 is 0. The molecule has 4 nitrogen and oxygen atoms in total. The average Bonchev–Trinajstić information content (AvgIpc) is 3.43. The lowest BCUT2D eigenvalue weighted by molar-refractivity contribution is 0.669. The summed E-state index contributed by atoms with van der Waals surface area (Å²) in [5.74, 6) is 0. The van der Waals surface area contributed by atoms with Crippen LogP contribution >= 0.6 is 0 Å². The highest BCUT2D eigenvalue weighted by Gasteiger charge is 2.14. The molecule has 0 bridgehead atoms. The smallest absolute Gasteiger partial charge is 0.136 e. The summed E-state index contributed by atoms with van der Waals surface area (Å²) in [6.45, 7) is 0. The molecule has 9 aromatic rings. The fraction of sp³-hybridized carbons (Fsp3) is 0. The monoisotopic (exact) mass is 523 g/mol. The van der Waals surface area contributed by atoms with E-state index in [9.17, 15) is 0 Å². The molecule has 0 N–H and O–H groups in total. The molecular weight excluding hydrogens is 502 g/mol. The Morgan fingerprint density at radius 1 is 0.439 bits per heavy atom. The lowest BCUT2D eigenvalue weighted by atomic mass is 9.95.